The van der Waals surface area contributed by atoms with Crippen molar-refractivity contribution < 1.29 is 29.3 Å². The molecule has 166 valence electrons. The molecule has 9 nitrogen and oxygen atoms in total. The van der Waals surface area contributed by atoms with Gasteiger partial charge in [0.05, 0.1) is 7.11 Å². The molecule has 0 atom stereocenters. The molecule has 0 amide bonds. The average Bonchev–Trinajstić information content (AvgIpc) is 2.72. The predicted molar refractivity (Wildman–Crippen MR) is 121 cm³/mol. The summed E-state index contributed by atoms with van der Waals surface area (Å²) in [7, 11) is 1.36. The van der Waals surface area contributed by atoms with E-state index < -0.39 is 34.4 Å². The third kappa shape index (κ3) is 4.41. The van der Waals surface area contributed by atoms with Crippen molar-refractivity contribution in [2.24, 2.45) is 0 Å². The summed E-state index contributed by atoms with van der Waals surface area (Å²) in [5.41, 5.74) is 3.74. The Labute approximate surface area is 194 Å². The van der Waals surface area contributed by atoms with E-state index in [-0.39, 0.29) is 33.7 Å². The topological polar surface area (TPSA) is 152 Å². The van der Waals surface area contributed by atoms with Gasteiger partial charge < -0.3 is 30.4 Å². The number of carbonyl (C=O) groups is 2. The maximum absolute atomic E-state index is 12.3. The molecular weight excluding hydrogens is 508 g/mol. The van der Waals surface area contributed by atoms with Gasteiger partial charge in [-0.2, -0.15) is 0 Å². The third-order valence-corrected chi connectivity index (χ3v) is 5.56. The summed E-state index contributed by atoms with van der Waals surface area (Å²) in [4.78, 5) is 38.0. The van der Waals surface area contributed by atoms with Crippen LogP contribution in [0.15, 0.2) is 45.7 Å². The van der Waals surface area contributed by atoms with Crippen molar-refractivity contribution in [3.05, 3.63) is 72.9 Å². The maximum atomic E-state index is 12.3. The molecule has 0 aliphatic rings. The number of rotatable bonds is 7. The Morgan fingerprint density at radius 1 is 1.12 bits per heavy atom. The summed E-state index contributed by atoms with van der Waals surface area (Å²) in [5.74, 6) is -3.17. The molecule has 0 radical (unpaired) electrons. The Hall–Kier alpha value is -3.50. The van der Waals surface area contributed by atoms with Crippen molar-refractivity contribution in [3.8, 4) is 22.6 Å². The number of hydrogen-bond acceptors (Lipinski definition) is 6. The van der Waals surface area contributed by atoms with E-state index in [2.05, 4.69) is 20.9 Å². The minimum atomic E-state index is -1.62. The van der Waals surface area contributed by atoms with Crippen LogP contribution in [0.5, 0.6) is 11.5 Å². The molecule has 0 spiro atoms. The van der Waals surface area contributed by atoms with E-state index in [9.17, 15) is 24.6 Å². The van der Waals surface area contributed by atoms with Crippen molar-refractivity contribution in [2.75, 3.05) is 12.8 Å². The molecule has 0 aliphatic carbocycles. The first-order valence-electron chi connectivity index (χ1n) is 8.92. The number of carboxylic acids is 2. The van der Waals surface area contributed by atoms with E-state index in [0.717, 1.165) is 5.56 Å². The number of carboxylic acid groups (broad SMARTS) is 2. The largest absolute Gasteiger partial charge is 0.493 e. The highest BCUT2D eigenvalue weighted by Gasteiger charge is 2.28. The molecule has 3 rings (SSSR count). The zero-order chi connectivity index (χ0) is 23.6. The number of aromatic carboxylic acids is 2. The van der Waals surface area contributed by atoms with E-state index >= 15 is 0 Å². The Morgan fingerprint density at radius 2 is 1.78 bits per heavy atom. The van der Waals surface area contributed by atoms with Crippen molar-refractivity contribution in [3.63, 3.8) is 0 Å². The van der Waals surface area contributed by atoms with Crippen LogP contribution in [-0.4, -0.2) is 34.2 Å². The lowest BCUT2D eigenvalue weighted by atomic mass is 9.95. The number of aromatic amines is 1. The van der Waals surface area contributed by atoms with Crippen LogP contribution in [0, 0.1) is 0 Å². The maximum Gasteiger partial charge on any atom is 0.342 e. The van der Waals surface area contributed by atoms with Crippen LogP contribution in [0.2, 0.25) is 5.02 Å². The number of aromatic nitrogens is 1. The van der Waals surface area contributed by atoms with Crippen LogP contribution in [0.1, 0.15) is 26.3 Å². The molecular formula is C21H16BrClN2O7. The van der Waals surface area contributed by atoms with Gasteiger partial charge >= 0.3 is 11.9 Å². The van der Waals surface area contributed by atoms with Gasteiger partial charge in [0.1, 0.15) is 23.6 Å². The Bertz CT molecular complexity index is 1290. The predicted octanol–water partition coefficient (Wildman–Crippen LogP) is 4.02. The fraction of sp³-hybridized carbons (Fsp3) is 0.0952. The van der Waals surface area contributed by atoms with Gasteiger partial charge in [0.15, 0.2) is 11.5 Å². The van der Waals surface area contributed by atoms with E-state index in [4.69, 9.17) is 26.8 Å². The number of nitrogens with two attached hydrogens (primary N) is 1. The average molecular weight is 524 g/mol. The second kappa shape index (κ2) is 9.33. The number of anilines is 1. The Kier molecular flexibility index (Phi) is 6.75. The van der Waals surface area contributed by atoms with Gasteiger partial charge in [0.25, 0.3) is 5.56 Å². The van der Waals surface area contributed by atoms with Gasteiger partial charge in [-0.3, -0.25) is 4.79 Å². The lowest BCUT2D eigenvalue weighted by Gasteiger charge is -2.17. The lowest BCUT2D eigenvalue weighted by molar-refractivity contribution is 0.0695. The highest BCUT2D eigenvalue weighted by Crippen LogP contribution is 2.41. The van der Waals surface area contributed by atoms with Crippen molar-refractivity contribution >= 4 is 45.3 Å². The Balaban J connectivity index is 2.18. The Morgan fingerprint density at radius 3 is 2.38 bits per heavy atom. The molecule has 5 N–H and O–H groups in total. The fourth-order valence-corrected chi connectivity index (χ4v) is 3.80. The van der Waals surface area contributed by atoms with Crippen molar-refractivity contribution in [1.29, 1.82) is 0 Å². The molecule has 0 fully saturated rings. The second-order valence-corrected chi connectivity index (χ2v) is 7.73. The highest BCUT2D eigenvalue weighted by atomic mass is 79.9. The van der Waals surface area contributed by atoms with Crippen LogP contribution in [0.25, 0.3) is 11.1 Å². The second-order valence-electron chi connectivity index (χ2n) is 6.47. The van der Waals surface area contributed by atoms with E-state index in [1.165, 1.54) is 19.2 Å². The number of hydrogen-bond donors (Lipinski definition) is 4. The molecule has 0 bridgehead atoms. The molecule has 0 aliphatic heterocycles. The number of benzene rings is 2. The SMILES string of the molecule is COc1cc(-c2c(C(=O)O)c(N)[nH]c(=O)c2C(=O)O)c(Br)cc1OCc1ccccc1Cl. The van der Waals surface area contributed by atoms with E-state index in [1.54, 1.807) is 24.3 Å². The zero-order valence-electron chi connectivity index (χ0n) is 16.4. The minimum Gasteiger partial charge on any atom is -0.493 e. The lowest BCUT2D eigenvalue weighted by Crippen LogP contribution is -2.24. The van der Waals surface area contributed by atoms with Crippen molar-refractivity contribution in [1.82, 2.24) is 4.98 Å². The molecule has 1 heterocycles. The van der Waals surface area contributed by atoms with Crippen LogP contribution >= 0.6 is 27.5 Å². The standard InChI is InChI=1S/C21H16BrClN2O7/c1-31-13-6-10(11(22)7-14(13)32-8-9-4-2-3-5-12(9)23)15-16(20(27)28)18(24)25-19(26)17(15)21(29)30/h2-7H,8H2,1H3,(H,27,28)(H,29,30)(H3,24,25,26). The molecule has 1 aromatic heterocycles. The van der Waals surface area contributed by atoms with Crippen molar-refractivity contribution in [2.45, 2.75) is 6.61 Å². The summed E-state index contributed by atoms with van der Waals surface area (Å²) < 4.78 is 11.4. The van der Waals surface area contributed by atoms with E-state index in [1.807, 2.05) is 0 Å². The first-order chi connectivity index (χ1) is 15.1. The number of nitrogens with one attached hydrogen (secondary N) is 1. The highest BCUT2D eigenvalue weighted by molar-refractivity contribution is 9.10. The summed E-state index contributed by atoms with van der Waals surface area (Å²) in [6.07, 6.45) is 0. The summed E-state index contributed by atoms with van der Waals surface area (Å²) in [6.45, 7) is 0.112. The number of ether oxygens (including phenoxy) is 2. The number of nitrogen functional groups attached to an aromatic ring is 1. The molecule has 11 heteroatoms. The molecule has 32 heavy (non-hydrogen) atoms. The fourth-order valence-electron chi connectivity index (χ4n) is 3.09. The normalized spacial score (nSPS) is 10.6. The number of H-pyrrole nitrogens is 1. The quantitative estimate of drug-likeness (QED) is 0.362. The van der Waals surface area contributed by atoms with Gasteiger partial charge in [-0.05, 0) is 18.2 Å². The van der Waals surface area contributed by atoms with Gasteiger partial charge in [-0.25, -0.2) is 9.59 Å². The third-order valence-electron chi connectivity index (χ3n) is 4.54. The summed E-state index contributed by atoms with van der Waals surface area (Å²) >= 11 is 9.45. The van der Waals surface area contributed by atoms with Gasteiger partial charge in [-0.1, -0.05) is 45.7 Å². The monoisotopic (exact) mass is 522 g/mol. The van der Waals surface area contributed by atoms with Crippen LogP contribution in [0.4, 0.5) is 5.82 Å². The number of pyridine rings is 1. The molecule has 2 aromatic carbocycles. The summed E-state index contributed by atoms with van der Waals surface area (Å²) in [5, 5.41) is 19.7. The van der Waals surface area contributed by atoms with Gasteiger partial charge in [0, 0.05) is 26.2 Å². The zero-order valence-corrected chi connectivity index (χ0v) is 18.8. The van der Waals surface area contributed by atoms with Crippen LogP contribution < -0.4 is 20.8 Å². The van der Waals surface area contributed by atoms with E-state index in [0.29, 0.717) is 5.02 Å². The van der Waals surface area contributed by atoms with Gasteiger partial charge in [0.2, 0.25) is 0 Å². The van der Waals surface area contributed by atoms with Crippen LogP contribution in [-0.2, 0) is 6.61 Å². The molecule has 0 unspecified atom stereocenters. The minimum absolute atomic E-state index is 0.0690. The first kappa shape index (κ1) is 23.2. The summed E-state index contributed by atoms with van der Waals surface area (Å²) in [6, 6.07) is 9.92. The number of methoxy groups -OCH3 is 1. The number of halogens is 2. The first-order valence-corrected chi connectivity index (χ1v) is 10.1. The van der Waals surface area contributed by atoms with Gasteiger partial charge in [-0.15, -0.1) is 0 Å². The molecule has 0 saturated carbocycles. The molecule has 0 saturated heterocycles. The van der Waals surface area contributed by atoms with Crippen LogP contribution in [0.3, 0.4) is 0 Å². The molecule has 3 aromatic rings. The smallest absolute Gasteiger partial charge is 0.342 e.